The Morgan fingerprint density at radius 2 is 2.20 bits per heavy atom. The number of unbranched alkanes of at least 4 members (excludes halogenated alkanes) is 1. The summed E-state index contributed by atoms with van der Waals surface area (Å²) in [5.74, 6) is 1.42. The van der Waals surface area contributed by atoms with E-state index in [0.29, 0.717) is 12.3 Å². The van der Waals surface area contributed by atoms with Crippen LogP contribution in [-0.2, 0) is 10.8 Å². The summed E-state index contributed by atoms with van der Waals surface area (Å²) < 4.78 is 16.9. The summed E-state index contributed by atoms with van der Waals surface area (Å²) in [4.78, 5) is 0.825. The van der Waals surface area contributed by atoms with Gasteiger partial charge in [-0.2, -0.15) is 0 Å². The molecule has 0 saturated heterocycles. The number of ether oxygens (including phenoxy) is 1. The van der Waals surface area contributed by atoms with Crippen molar-refractivity contribution in [1.29, 1.82) is 0 Å². The van der Waals surface area contributed by atoms with Crippen molar-refractivity contribution in [3.63, 3.8) is 0 Å². The van der Waals surface area contributed by atoms with E-state index in [0.717, 1.165) is 23.5 Å². The van der Waals surface area contributed by atoms with Gasteiger partial charge in [0.2, 0.25) is 0 Å². The molecule has 0 bridgehead atoms. The maximum absolute atomic E-state index is 11.8. The maximum Gasteiger partial charge on any atom is 0.120 e. The van der Waals surface area contributed by atoms with E-state index in [9.17, 15) is 4.21 Å². The van der Waals surface area contributed by atoms with Crippen LogP contribution in [0.2, 0.25) is 0 Å². The van der Waals surface area contributed by atoms with Crippen LogP contribution in [0, 0.1) is 0 Å². The highest BCUT2D eigenvalue weighted by molar-refractivity contribution is 7.85. The van der Waals surface area contributed by atoms with Crippen LogP contribution >= 0.6 is 0 Å². The Bertz CT molecular complexity index is 328. The summed E-state index contributed by atoms with van der Waals surface area (Å²) in [6.07, 6.45) is 1.83. The molecule has 0 aliphatic rings. The fourth-order valence-corrected chi connectivity index (χ4v) is 2.42. The Morgan fingerprint density at radius 1 is 1.40 bits per heavy atom. The van der Waals surface area contributed by atoms with Crippen LogP contribution in [0.15, 0.2) is 29.2 Å². The minimum Gasteiger partial charge on any atom is -0.497 e. The number of nitrogens with two attached hydrogens (primary N) is 1. The molecule has 3 nitrogen and oxygen atoms in total. The zero-order valence-electron chi connectivity index (χ0n) is 8.94. The molecule has 2 N–H and O–H groups in total. The molecule has 84 valence electrons. The predicted molar refractivity (Wildman–Crippen MR) is 62.6 cm³/mol. The molecule has 15 heavy (non-hydrogen) atoms. The van der Waals surface area contributed by atoms with Crippen LogP contribution in [0.1, 0.15) is 12.8 Å². The smallest absolute Gasteiger partial charge is 0.120 e. The normalized spacial score (nSPS) is 12.4. The van der Waals surface area contributed by atoms with Gasteiger partial charge in [-0.3, -0.25) is 4.21 Å². The van der Waals surface area contributed by atoms with E-state index in [2.05, 4.69) is 0 Å². The topological polar surface area (TPSA) is 52.3 Å². The second kappa shape index (κ2) is 6.58. The van der Waals surface area contributed by atoms with Gasteiger partial charge in [-0.05, 0) is 37.6 Å². The molecule has 0 spiro atoms. The Kier molecular flexibility index (Phi) is 5.36. The van der Waals surface area contributed by atoms with E-state index in [1.807, 2.05) is 24.3 Å². The van der Waals surface area contributed by atoms with Crippen molar-refractivity contribution in [2.45, 2.75) is 17.7 Å². The van der Waals surface area contributed by atoms with Crippen LogP contribution < -0.4 is 10.5 Å². The van der Waals surface area contributed by atoms with Crippen molar-refractivity contribution in [3.8, 4) is 5.75 Å². The second-order valence-electron chi connectivity index (χ2n) is 3.22. The molecule has 0 fully saturated rings. The first kappa shape index (κ1) is 12.2. The van der Waals surface area contributed by atoms with E-state index in [1.165, 1.54) is 0 Å². The summed E-state index contributed by atoms with van der Waals surface area (Å²) in [6.45, 7) is 0.662. The molecule has 1 unspecified atom stereocenters. The quantitative estimate of drug-likeness (QED) is 0.750. The van der Waals surface area contributed by atoms with Crippen LogP contribution in [0.25, 0.3) is 0 Å². The van der Waals surface area contributed by atoms with Gasteiger partial charge in [-0.15, -0.1) is 0 Å². The van der Waals surface area contributed by atoms with E-state index in [-0.39, 0.29) is 0 Å². The third kappa shape index (κ3) is 4.01. The zero-order valence-corrected chi connectivity index (χ0v) is 9.76. The number of rotatable bonds is 6. The summed E-state index contributed by atoms with van der Waals surface area (Å²) in [5.41, 5.74) is 5.38. The molecular formula is C11H17NO2S. The SMILES string of the molecule is COc1cccc(S(=O)CCCCN)c1. The lowest BCUT2D eigenvalue weighted by Crippen LogP contribution is -2.03. The predicted octanol–water partition coefficient (Wildman–Crippen LogP) is 1.54. The van der Waals surface area contributed by atoms with Gasteiger partial charge >= 0.3 is 0 Å². The zero-order chi connectivity index (χ0) is 11.1. The average molecular weight is 227 g/mol. The summed E-state index contributed by atoms with van der Waals surface area (Å²) in [5, 5.41) is 0. The van der Waals surface area contributed by atoms with Gasteiger partial charge in [-0.25, -0.2) is 0 Å². The first-order valence-corrected chi connectivity index (χ1v) is 6.32. The monoisotopic (exact) mass is 227 g/mol. The van der Waals surface area contributed by atoms with E-state index in [4.69, 9.17) is 10.5 Å². The Morgan fingerprint density at radius 3 is 2.87 bits per heavy atom. The van der Waals surface area contributed by atoms with Gasteiger partial charge in [0, 0.05) is 10.6 Å². The lowest BCUT2D eigenvalue weighted by atomic mass is 10.3. The van der Waals surface area contributed by atoms with Crippen LogP contribution in [0.5, 0.6) is 5.75 Å². The van der Waals surface area contributed by atoms with Gasteiger partial charge < -0.3 is 10.5 Å². The Hall–Kier alpha value is -0.870. The maximum atomic E-state index is 11.8. The second-order valence-corrected chi connectivity index (χ2v) is 4.80. The number of hydrogen-bond acceptors (Lipinski definition) is 3. The molecule has 1 aromatic carbocycles. The van der Waals surface area contributed by atoms with Gasteiger partial charge in [0.25, 0.3) is 0 Å². The Labute approximate surface area is 93.1 Å². The standard InChI is InChI=1S/C11H17NO2S/c1-14-10-5-4-6-11(9-10)15(13)8-3-2-7-12/h4-6,9H,2-3,7-8,12H2,1H3. The van der Waals surface area contributed by atoms with Gasteiger partial charge in [0.15, 0.2) is 0 Å². The number of methoxy groups -OCH3 is 1. The van der Waals surface area contributed by atoms with Crippen molar-refractivity contribution in [3.05, 3.63) is 24.3 Å². The van der Waals surface area contributed by atoms with Crippen LogP contribution in [0.3, 0.4) is 0 Å². The molecule has 0 saturated carbocycles. The van der Waals surface area contributed by atoms with E-state index >= 15 is 0 Å². The third-order valence-electron chi connectivity index (χ3n) is 2.09. The number of benzene rings is 1. The van der Waals surface area contributed by atoms with Crippen molar-refractivity contribution < 1.29 is 8.95 Å². The highest BCUT2D eigenvalue weighted by Gasteiger charge is 2.04. The molecule has 0 aliphatic heterocycles. The van der Waals surface area contributed by atoms with Crippen molar-refractivity contribution in [2.24, 2.45) is 5.73 Å². The lowest BCUT2D eigenvalue weighted by molar-refractivity contribution is 0.413. The molecule has 0 radical (unpaired) electrons. The molecule has 4 heteroatoms. The first-order chi connectivity index (χ1) is 7.27. The highest BCUT2D eigenvalue weighted by atomic mass is 32.2. The fraction of sp³-hybridized carbons (Fsp3) is 0.455. The molecular weight excluding hydrogens is 210 g/mol. The summed E-state index contributed by atoms with van der Waals surface area (Å²) in [7, 11) is 0.675. The fourth-order valence-electron chi connectivity index (χ4n) is 1.24. The average Bonchev–Trinajstić information content (AvgIpc) is 2.29. The number of hydrogen-bond donors (Lipinski definition) is 1. The van der Waals surface area contributed by atoms with Crippen molar-refractivity contribution >= 4 is 10.8 Å². The minimum absolute atomic E-state index is 0.662. The highest BCUT2D eigenvalue weighted by Crippen LogP contribution is 2.16. The van der Waals surface area contributed by atoms with Gasteiger partial charge in [-0.1, -0.05) is 6.07 Å². The van der Waals surface area contributed by atoms with E-state index < -0.39 is 10.8 Å². The van der Waals surface area contributed by atoms with E-state index in [1.54, 1.807) is 7.11 Å². The molecule has 1 rings (SSSR count). The van der Waals surface area contributed by atoms with Crippen LogP contribution in [-0.4, -0.2) is 23.6 Å². The minimum atomic E-state index is -0.932. The third-order valence-corrected chi connectivity index (χ3v) is 3.53. The Balaban J connectivity index is 2.57. The van der Waals surface area contributed by atoms with Gasteiger partial charge in [0.05, 0.1) is 17.9 Å². The molecule has 1 atom stereocenters. The molecule has 1 aromatic rings. The van der Waals surface area contributed by atoms with Gasteiger partial charge in [0.1, 0.15) is 5.75 Å². The lowest BCUT2D eigenvalue weighted by Gasteiger charge is -2.04. The van der Waals surface area contributed by atoms with Crippen molar-refractivity contribution in [2.75, 3.05) is 19.4 Å². The first-order valence-electron chi connectivity index (χ1n) is 5.00. The summed E-state index contributed by atoms with van der Waals surface area (Å²) >= 11 is 0. The van der Waals surface area contributed by atoms with Crippen molar-refractivity contribution in [1.82, 2.24) is 0 Å². The molecule has 0 amide bonds. The molecule has 0 heterocycles. The van der Waals surface area contributed by atoms with Crippen LogP contribution in [0.4, 0.5) is 0 Å². The molecule has 0 aromatic heterocycles. The largest absolute Gasteiger partial charge is 0.497 e. The summed E-state index contributed by atoms with van der Waals surface area (Å²) in [6, 6.07) is 7.38. The molecule has 0 aliphatic carbocycles.